The van der Waals surface area contributed by atoms with Gasteiger partial charge in [0.2, 0.25) is 5.95 Å². The molecule has 0 saturated heterocycles. The van der Waals surface area contributed by atoms with Crippen molar-refractivity contribution in [2.24, 2.45) is 20.0 Å². The Kier molecular flexibility index (Phi) is 37.3. The number of aliphatic imine (C=N–C) groups is 4. The molecule has 3 heterocycles. The molecule has 43 heteroatoms. The highest BCUT2D eigenvalue weighted by molar-refractivity contribution is 9.11. The van der Waals surface area contributed by atoms with Crippen molar-refractivity contribution in [3.63, 3.8) is 0 Å². The monoisotopic (exact) mass is 2180 g/mol. The van der Waals surface area contributed by atoms with Crippen LogP contribution in [0.5, 0.6) is 0 Å². The largest absolute Gasteiger partial charge is 0.449 e. The van der Waals surface area contributed by atoms with Gasteiger partial charge in [0.15, 0.2) is 11.6 Å². The first-order valence-corrected chi connectivity index (χ1v) is 47.2. The predicted molar refractivity (Wildman–Crippen MR) is 563 cm³/mol. The van der Waals surface area contributed by atoms with E-state index in [0.717, 1.165) is 45.5 Å². The minimum absolute atomic E-state index is 0.00609. The van der Waals surface area contributed by atoms with E-state index in [0.29, 0.717) is 71.0 Å². The summed E-state index contributed by atoms with van der Waals surface area (Å²) in [5.74, 6) is -3.65. The number of carbonyl (C=O) groups excluding carboxylic acids is 4. The van der Waals surface area contributed by atoms with Gasteiger partial charge in [-0.15, -0.1) is 0 Å². The summed E-state index contributed by atoms with van der Waals surface area (Å²) in [4.78, 5) is 99.9. The Morgan fingerprint density at radius 2 is 1.04 bits per heavy atom. The van der Waals surface area contributed by atoms with E-state index in [4.69, 9.17) is 97.5 Å². The molecule has 3 aromatic heterocycles. The van der Waals surface area contributed by atoms with E-state index < -0.39 is 50.2 Å². The van der Waals surface area contributed by atoms with Gasteiger partial charge in [-0.1, -0.05) is 81.2 Å². The van der Waals surface area contributed by atoms with E-state index in [2.05, 4.69) is 109 Å². The highest BCUT2D eigenvalue weighted by atomic mass is 79.9. The molecule has 0 aliphatic heterocycles. The zero-order chi connectivity index (χ0) is 103. The number of nitrogens with zero attached hydrogens (tertiary/aromatic N) is 15. The molecule has 0 aliphatic carbocycles. The van der Waals surface area contributed by atoms with Gasteiger partial charge in [0.25, 0.3) is 39.3 Å². The van der Waals surface area contributed by atoms with Crippen LogP contribution in [-0.2, 0) is 29.2 Å². The van der Waals surface area contributed by atoms with Crippen molar-refractivity contribution in [3.05, 3.63) is 332 Å². The lowest BCUT2D eigenvalue weighted by molar-refractivity contribution is -0.385. The summed E-state index contributed by atoms with van der Waals surface area (Å²) in [7, 11) is 9.14. The van der Waals surface area contributed by atoms with Crippen molar-refractivity contribution in [2.45, 2.75) is 59.8 Å². The number of nitrogens with one attached hydrogen (secondary N) is 7. The Bertz CT molecular complexity index is 7370. The maximum absolute atomic E-state index is 15.2. The Balaban J connectivity index is 0.000000198. The lowest BCUT2D eigenvalue weighted by atomic mass is 9.94. The molecule has 0 aliphatic rings. The third-order valence-electron chi connectivity index (χ3n) is 20.8. The van der Waals surface area contributed by atoms with Gasteiger partial charge in [-0.3, -0.25) is 44.6 Å². The molecule has 0 saturated carbocycles. The number of anilines is 9. The van der Waals surface area contributed by atoms with Crippen molar-refractivity contribution in [1.29, 1.82) is 15.8 Å². The number of nitriles is 3. The second-order valence-corrected chi connectivity index (χ2v) is 37.6. The number of halogens is 11. The first-order chi connectivity index (χ1) is 66.8. The Morgan fingerprint density at radius 1 is 0.539 bits per heavy atom. The van der Waals surface area contributed by atoms with Gasteiger partial charge in [0.05, 0.1) is 118 Å². The van der Waals surface area contributed by atoms with Gasteiger partial charge in [0, 0.05) is 150 Å². The molecule has 0 fully saturated rings. The summed E-state index contributed by atoms with van der Waals surface area (Å²) in [6.45, 7) is 19.2. The quantitative estimate of drug-likeness (QED) is 0.0115. The SMILES string of the molecule is Cc1cc(Cl)c(NS(=O)(=O)c2ccc(Cl)c(NC(=O)C(=Nc3ccc(N(C)CCC#N)cc3)c3c(C)c(F)c(C)c(F)c3C)c2)cc1Cl.Cc1cc(N(C)C)ccc1N=C(C(=O)Nc1[nH]ccc1Cl)c1c(Br)cc([N+](=O)[O-])cc1Br.Cc1cc(N(C)C)ccc1N=C(C(=O)Nc1ccco1)c1c(Cl)cc(Cl)cc1Cl.[C-]#[N+]c1cc(C#N)c(C(=Nc2ccc(N(C)C)cc2C)C(=O)Nc2ncn[nH]2)c(C#N)c1. The van der Waals surface area contributed by atoms with Crippen molar-refractivity contribution in [1.82, 2.24) is 20.2 Å². The number of amides is 4. The minimum atomic E-state index is -4.26. The van der Waals surface area contributed by atoms with Gasteiger partial charge in [-0.25, -0.2) is 47.1 Å². The zero-order valence-corrected chi connectivity index (χ0v) is 86.5. The van der Waals surface area contributed by atoms with Crippen LogP contribution in [0, 0.1) is 111 Å². The fourth-order valence-corrected chi connectivity index (χ4v) is 17.8. The summed E-state index contributed by atoms with van der Waals surface area (Å²) >= 11 is 50.4. The second kappa shape index (κ2) is 48.5. The highest BCUT2D eigenvalue weighted by Gasteiger charge is 2.31. The van der Waals surface area contributed by atoms with Crippen molar-refractivity contribution in [2.75, 3.05) is 101 Å². The van der Waals surface area contributed by atoms with Gasteiger partial charge < -0.3 is 39.6 Å². The molecule has 31 nitrogen and oxygen atoms in total. The van der Waals surface area contributed by atoms with Crippen LogP contribution in [0.25, 0.3) is 4.85 Å². The average molecular weight is 2190 g/mol. The molecular weight excluding hydrogens is 2110 g/mol. The van der Waals surface area contributed by atoms with E-state index >= 15 is 8.78 Å². The summed E-state index contributed by atoms with van der Waals surface area (Å²) in [5, 5.41) is 57.7. The molecule has 10 aromatic carbocycles. The summed E-state index contributed by atoms with van der Waals surface area (Å²) in [6.07, 6.45) is 4.59. The van der Waals surface area contributed by atoms with Crippen LogP contribution in [-0.4, -0.2) is 136 Å². The van der Waals surface area contributed by atoms with Crippen LogP contribution in [0.15, 0.2) is 221 Å². The van der Waals surface area contributed by atoms with Gasteiger partial charge in [-0.05, 0) is 259 Å². The van der Waals surface area contributed by atoms with Crippen LogP contribution < -0.4 is 45.6 Å². The Labute approximate surface area is 861 Å². The van der Waals surface area contributed by atoms with Crippen molar-refractivity contribution in [3.8, 4) is 18.2 Å². The molecule has 0 radical (unpaired) electrons. The lowest BCUT2D eigenvalue weighted by Crippen LogP contribution is -2.27. The van der Waals surface area contributed by atoms with Crippen LogP contribution in [0.3, 0.4) is 0 Å². The van der Waals surface area contributed by atoms with Crippen LogP contribution in [0.1, 0.15) is 78.7 Å². The summed E-state index contributed by atoms with van der Waals surface area (Å²) in [6, 6.07) is 49.3. The highest BCUT2D eigenvalue weighted by Crippen LogP contribution is 2.40. The molecule has 141 heavy (non-hydrogen) atoms. The normalized spacial score (nSPS) is 11.3. The lowest BCUT2D eigenvalue weighted by Gasteiger charge is -2.19. The van der Waals surface area contributed by atoms with E-state index in [1.165, 1.54) is 94.0 Å². The minimum Gasteiger partial charge on any atom is -0.449 e. The van der Waals surface area contributed by atoms with Crippen molar-refractivity contribution >= 4 is 255 Å². The number of hydrogen-bond acceptors (Lipinski definition) is 22. The summed E-state index contributed by atoms with van der Waals surface area (Å²) < 4.78 is 65.3. The number of aryl methyl sites for hydroxylation is 4. The zero-order valence-electron chi connectivity index (χ0n) is 77.2. The number of nitro benzene ring substituents is 1. The molecule has 4 amide bonds. The number of aromatic nitrogens is 4. The first-order valence-electron chi connectivity index (χ1n) is 41.5. The second-order valence-electron chi connectivity index (χ2n) is 31.4. The van der Waals surface area contributed by atoms with Gasteiger partial charge >= 0.3 is 0 Å². The molecule has 0 atom stereocenters. The average Bonchev–Trinajstić information content (AvgIpc) is 1.29. The number of aromatic amines is 2. The number of hydrogen-bond donors (Lipinski definition) is 7. The third kappa shape index (κ3) is 27.4. The van der Waals surface area contributed by atoms with E-state index in [-0.39, 0.29) is 133 Å². The van der Waals surface area contributed by atoms with Crippen LogP contribution in [0.2, 0.25) is 35.2 Å². The van der Waals surface area contributed by atoms with Gasteiger partial charge in [-0.2, -0.15) is 25.9 Å². The van der Waals surface area contributed by atoms with Crippen LogP contribution >= 0.6 is 113 Å². The fourth-order valence-electron chi connectivity index (χ4n) is 13.4. The summed E-state index contributed by atoms with van der Waals surface area (Å²) in [5.41, 5.74) is 8.78. The van der Waals surface area contributed by atoms with Gasteiger partial charge in [0.1, 0.15) is 46.6 Å². The topological polar surface area (TPSA) is 414 Å². The Hall–Kier alpha value is -14.4. The fraction of sp³-hybridized carbons (Fsp3) is 0.163. The number of rotatable bonds is 26. The molecule has 0 unspecified atom stereocenters. The standard InChI is InChI=1S/C34H30Cl3F2N5O3S.C22H17N9O.C21H18Br2ClN5O3.C21H18Cl3N3O2/c1-18-15-27(37)29(17-26(18)36)43-48(46,47)24-11-12-25(35)28(16-24)42-34(45)33(30-19(2)31(38)21(4)32(39)20(30)3)41-22-7-9-23(10-8-22)44(5)14-6-13-40;1-13-7-17(31(3)4)5-6-18(13)28-20(21(32)29-22-26-12-27-30-22)19-14(10-23)8-16(25-2)9-15(19)11-24;1-11-8-12(28(2)3)4-5-17(11)26-19(21(30)27-20-16(24)6-7-25-20)18-14(22)9-13(29(31)32)10-15(18)23;1-12-9-14(27(2)3)6-7-17(12)25-20(21(28)26-18-5-4-8-29-18)19-15(23)10-13(22)11-16(19)24/h7-12,15-17,43H,6,14H2,1-5H3,(H,42,45);5-9,12H,1,3-4H3,(H2,26,27,29,30,32);4-10,25H,1-3H3,(H,27,30);4-11H,1-3H3,(H,26,28). The van der Waals surface area contributed by atoms with Crippen molar-refractivity contribution < 1.29 is 45.7 Å². The first kappa shape index (κ1) is 109. The number of furan rings is 1. The van der Waals surface area contributed by atoms with E-state index in [1.54, 1.807) is 61.7 Å². The molecule has 13 rings (SSSR count). The van der Waals surface area contributed by atoms with Crippen LogP contribution in [0.4, 0.5) is 94.7 Å². The maximum atomic E-state index is 15.2. The number of H-pyrrole nitrogens is 2. The number of non-ortho nitro benzene ring substituents is 1. The maximum Gasteiger partial charge on any atom is 0.277 e. The van der Waals surface area contributed by atoms with E-state index in [1.807, 2.05) is 150 Å². The number of carbonyl (C=O) groups is 4. The molecule has 13 aromatic rings. The third-order valence-corrected chi connectivity index (χ3v) is 25.6. The molecule has 0 spiro atoms. The van der Waals surface area contributed by atoms with E-state index in [9.17, 15) is 48.2 Å². The predicted octanol–water partition coefficient (Wildman–Crippen LogP) is 24.9. The molecule has 722 valence electrons. The smallest absolute Gasteiger partial charge is 0.277 e. The Morgan fingerprint density at radius 3 is 1.50 bits per heavy atom. The number of nitro groups is 1. The molecular formula is C98H83Br2Cl7F2N22O9S. The molecule has 0 bridgehead atoms. The molecule has 7 N–H and O–H groups in total. The number of benzene rings is 10. The number of sulfonamides is 1.